The molecule has 0 unspecified atom stereocenters. The van der Waals surface area contributed by atoms with Crippen LogP contribution >= 0.6 is 11.3 Å². The molecule has 2 N–H and O–H groups in total. The average molecular weight is 418 g/mol. The van der Waals surface area contributed by atoms with Gasteiger partial charge in [-0.15, -0.1) is 11.3 Å². The summed E-state index contributed by atoms with van der Waals surface area (Å²) < 4.78 is 31.9. The minimum atomic E-state index is -3.82. The quantitative estimate of drug-likeness (QED) is 0.638. The van der Waals surface area contributed by atoms with Gasteiger partial charge in [-0.1, -0.05) is 6.07 Å². The predicted octanol–water partition coefficient (Wildman–Crippen LogP) is 3.54. The first kappa shape index (κ1) is 19.7. The number of ether oxygens (including phenoxy) is 1. The highest BCUT2D eigenvalue weighted by molar-refractivity contribution is 7.93. The third kappa shape index (κ3) is 4.10. The molecule has 3 aromatic rings. The van der Waals surface area contributed by atoms with E-state index < -0.39 is 15.9 Å². The van der Waals surface area contributed by atoms with Crippen molar-refractivity contribution in [3.63, 3.8) is 0 Å². The van der Waals surface area contributed by atoms with Gasteiger partial charge in [0.05, 0.1) is 22.6 Å². The van der Waals surface area contributed by atoms with Gasteiger partial charge in [-0.25, -0.2) is 8.42 Å². The standard InChI is InChI=1S/C19H18N2O5S2/c1-21(14-6-8-16(26-2)9-7-14)28(24,25)17-11-18(27-12-17)19(23)20-13-4-3-5-15(22)10-13/h3-12,22H,1-2H3,(H,20,23). The molecule has 0 aliphatic rings. The number of phenolic OH excluding ortho intramolecular Hbond substituents is 1. The monoisotopic (exact) mass is 418 g/mol. The number of rotatable bonds is 6. The summed E-state index contributed by atoms with van der Waals surface area (Å²) in [5, 5.41) is 13.5. The van der Waals surface area contributed by atoms with E-state index in [0.717, 1.165) is 15.6 Å². The zero-order valence-corrected chi connectivity index (χ0v) is 16.8. The smallest absolute Gasteiger partial charge is 0.265 e. The molecule has 0 radical (unpaired) electrons. The lowest BCUT2D eigenvalue weighted by atomic mass is 10.3. The maximum absolute atomic E-state index is 12.9. The van der Waals surface area contributed by atoms with Crippen LogP contribution < -0.4 is 14.4 Å². The van der Waals surface area contributed by atoms with E-state index in [2.05, 4.69) is 5.32 Å². The Kier molecular flexibility index (Phi) is 5.57. The number of anilines is 2. The number of benzene rings is 2. The first-order valence-corrected chi connectivity index (χ1v) is 10.4. The molecule has 2 aromatic carbocycles. The van der Waals surface area contributed by atoms with Crippen LogP contribution in [0.4, 0.5) is 11.4 Å². The van der Waals surface area contributed by atoms with Gasteiger partial charge in [-0.3, -0.25) is 9.10 Å². The minimum absolute atomic E-state index is 0.0216. The normalized spacial score (nSPS) is 11.1. The summed E-state index contributed by atoms with van der Waals surface area (Å²) in [5.41, 5.74) is 0.885. The van der Waals surface area contributed by atoms with Gasteiger partial charge in [-0.05, 0) is 42.5 Å². The predicted molar refractivity (Wildman–Crippen MR) is 109 cm³/mol. The Labute approximate surface area is 166 Å². The van der Waals surface area contributed by atoms with Crippen molar-refractivity contribution in [1.29, 1.82) is 0 Å². The fraction of sp³-hybridized carbons (Fsp3) is 0.105. The van der Waals surface area contributed by atoms with Gasteiger partial charge in [-0.2, -0.15) is 0 Å². The van der Waals surface area contributed by atoms with Crippen molar-refractivity contribution in [2.24, 2.45) is 0 Å². The van der Waals surface area contributed by atoms with Gasteiger partial charge < -0.3 is 15.2 Å². The molecule has 28 heavy (non-hydrogen) atoms. The number of carbonyl (C=O) groups is 1. The second-order valence-electron chi connectivity index (χ2n) is 5.82. The summed E-state index contributed by atoms with van der Waals surface area (Å²) in [5.74, 6) is 0.188. The number of sulfonamides is 1. The van der Waals surface area contributed by atoms with E-state index in [0.29, 0.717) is 17.1 Å². The summed E-state index contributed by atoms with van der Waals surface area (Å²) in [7, 11) is -0.843. The van der Waals surface area contributed by atoms with Crippen LogP contribution in [-0.2, 0) is 10.0 Å². The summed E-state index contributed by atoms with van der Waals surface area (Å²) in [6, 6.07) is 14.1. The second-order valence-corrected chi connectivity index (χ2v) is 8.70. The maximum atomic E-state index is 12.9. The van der Waals surface area contributed by atoms with Crippen molar-refractivity contribution < 1.29 is 23.1 Å². The van der Waals surface area contributed by atoms with Crippen LogP contribution in [0.1, 0.15) is 9.67 Å². The van der Waals surface area contributed by atoms with Gasteiger partial charge >= 0.3 is 0 Å². The number of aromatic hydroxyl groups is 1. The van der Waals surface area contributed by atoms with Crippen molar-refractivity contribution in [2.45, 2.75) is 4.90 Å². The molecule has 7 nitrogen and oxygen atoms in total. The van der Waals surface area contributed by atoms with Crippen LogP contribution in [0.2, 0.25) is 0 Å². The Morgan fingerprint density at radius 1 is 1.14 bits per heavy atom. The molecule has 0 bridgehead atoms. The first-order valence-electron chi connectivity index (χ1n) is 8.13. The molecule has 0 saturated heterocycles. The number of nitrogens with one attached hydrogen (secondary N) is 1. The lowest BCUT2D eigenvalue weighted by Crippen LogP contribution is -2.26. The topological polar surface area (TPSA) is 95.9 Å². The molecule has 0 fully saturated rings. The molecule has 3 rings (SSSR count). The second kappa shape index (κ2) is 7.91. The average Bonchev–Trinajstić information content (AvgIpc) is 3.19. The molecule has 1 heterocycles. The Bertz CT molecular complexity index is 1090. The Morgan fingerprint density at radius 2 is 1.86 bits per heavy atom. The van der Waals surface area contributed by atoms with Crippen molar-refractivity contribution in [2.75, 3.05) is 23.8 Å². The van der Waals surface area contributed by atoms with Crippen molar-refractivity contribution >= 4 is 38.6 Å². The number of carbonyl (C=O) groups excluding carboxylic acids is 1. The SMILES string of the molecule is COc1ccc(N(C)S(=O)(=O)c2csc(C(=O)Nc3cccc(O)c3)c2)cc1. The molecule has 1 aromatic heterocycles. The van der Waals surface area contributed by atoms with E-state index in [1.807, 2.05) is 0 Å². The number of nitrogens with zero attached hydrogens (tertiary/aromatic N) is 1. The van der Waals surface area contributed by atoms with E-state index in [1.54, 1.807) is 36.4 Å². The fourth-order valence-corrected chi connectivity index (χ4v) is 4.79. The molecular formula is C19H18N2O5S2. The number of phenols is 1. The van der Waals surface area contributed by atoms with E-state index in [-0.39, 0.29) is 15.5 Å². The highest BCUT2D eigenvalue weighted by Crippen LogP contribution is 2.27. The highest BCUT2D eigenvalue weighted by atomic mass is 32.2. The minimum Gasteiger partial charge on any atom is -0.508 e. The first-order chi connectivity index (χ1) is 13.3. The Balaban J connectivity index is 1.80. The molecule has 0 atom stereocenters. The zero-order valence-electron chi connectivity index (χ0n) is 15.1. The van der Waals surface area contributed by atoms with Gasteiger partial charge in [0.15, 0.2) is 0 Å². The van der Waals surface area contributed by atoms with Crippen LogP contribution in [0.15, 0.2) is 64.9 Å². The van der Waals surface area contributed by atoms with E-state index in [9.17, 15) is 18.3 Å². The zero-order chi connectivity index (χ0) is 20.3. The van der Waals surface area contributed by atoms with Crippen molar-refractivity contribution in [1.82, 2.24) is 0 Å². The molecule has 1 amide bonds. The molecule has 0 spiro atoms. The summed E-state index contributed by atoms with van der Waals surface area (Å²) in [6.45, 7) is 0. The lowest BCUT2D eigenvalue weighted by Gasteiger charge is -2.18. The number of hydrogen-bond donors (Lipinski definition) is 2. The largest absolute Gasteiger partial charge is 0.508 e. The Hall–Kier alpha value is -3.04. The maximum Gasteiger partial charge on any atom is 0.265 e. The third-order valence-electron chi connectivity index (χ3n) is 4.00. The summed E-state index contributed by atoms with van der Waals surface area (Å²) in [6.07, 6.45) is 0. The lowest BCUT2D eigenvalue weighted by molar-refractivity contribution is 0.103. The van der Waals surface area contributed by atoms with E-state index in [1.165, 1.54) is 37.7 Å². The van der Waals surface area contributed by atoms with Crippen LogP contribution in [0.3, 0.4) is 0 Å². The van der Waals surface area contributed by atoms with Crippen molar-refractivity contribution in [3.8, 4) is 11.5 Å². The molecule has 0 aliphatic carbocycles. The van der Waals surface area contributed by atoms with E-state index in [4.69, 9.17) is 4.74 Å². The molecule has 146 valence electrons. The van der Waals surface area contributed by atoms with E-state index >= 15 is 0 Å². The summed E-state index contributed by atoms with van der Waals surface area (Å²) >= 11 is 1.03. The number of hydrogen-bond acceptors (Lipinski definition) is 6. The molecular weight excluding hydrogens is 400 g/mol. The third-order valence-corrected chi connectivity index (χ3v) is 6.84. The number of thiophene rings is 1. The number of amides is 1. The fourth-order valence-electron chi connectivity index (χ4n) is 2.44. The van der Waals surface area contributed by atoms with Crippen molar-refractivity contribution in [3.05, 3.63) is 64.9 Å². The molecule has 0 saturated carbocycles. The number of methoxy groups -OCH3 is 1. The Morgan fingerprint density at radius 3 is 2.50 bits per heavy atom. The highest BCUT2D eigenvalue weighted by Gasteiger charge is 2.24. The summed E-state index contributed by atoms with van der Waals surface area (Å²) in [4.78, 5) is 12.6. The molecule has 9 heteroatoms. The molecule has 0 aliphatic heterocycles. The van der Waals surface area contributed by atoms with Crippen LogP contribution in [0, 0.1) is 0 Å². The van der Waals surface area contributed by atoms with Gasteiger partial charge in [0.25, 0.3) is 15.9 Å². The van der Waals surface area contributed by atoms with Crippen LogP contribution in [-0.4, -0.2) is 33.6 Å². The van der Waals surface area contributed by atoms with Crippen LogP contribution in [0.5, 0.6) is 11.5 Å². The van der Waals surface area contributed by atoms with Crippen LogP contribution in [0.25, 0.3) is 0 Å². The van der Waals surface area contributed by atoms with Gasteiger partial charge in [0.2, 0.25) is 0 Å². The van der Waals surface area contributed by atoms with Gasteiger partial charge in [0, 0.05) is 24.2 Å². The van der Waals surface area contributed by atoms with Gasteiger partial charge in [0.1, 0.15) is 11.5 Å².